The van der Waals surface area contributed by atoms with E-state index in [0.717, 1.165) is 36.0 Å². The smallest absolute Gasteiger partial charge is 0.143 e. The third kappa shape index (κ3) is 4.13. The van der Waals surface area contributed by atoms with Crippen LogP contribution in [0.15, 0.2) is 0 Å². The molecule has 1 N–H and O–H groups in total. The first-order valence-corrected chi connectivity index (χ1v) is 5.72. The fourth-order valence-corrected chi connectivity index (χ4v) is 1.77. The second kappa shape index (κ2) is 6.86. The Labute approximate surface area is 88.7 Å². The van der Waals surface area contributed by atoms with Crippen LogP contribution in [0.3, 0.4) is 0 Å². The van der Waals surface area contributed by atoms with Gasteiger partial charge in [-0.3, -0.25) is 0 Å². The molecule has 80 valence electrons. The van der Waals surface area contributed by atoms with Crippen molar-refractivity contribution in [1.82, 2.24) is 15.5 Å². The summed E-state index contributed by atoms with van der Waals surface area (Å²) in [5.41, 5.74) is 0. The van der Waals surface area contributed by atoms with Gasteiger partial charge in [-0.2, -0.15) is 0 Å². The van der Waals surface area contributed by atoms with E-state index in [9.17, 15) is 0 Å². The van der Waals surface area contributed by atoms with Gasteiger partial charge in [-0.1, -0.05) is 18.3 Å². The molecule has 0 radical (unpaired) electrons. The summed E-state index contributed by atoms with van der Waals surface area (Å²) in [4.78, 5) is 0. The minimum absolute atomic E-state index is 0.602. The average molecular weight is 215 g/mol. The van der Waals surface area contributed by atoms with E-state index in [2.05, 4.69) is 22.4 Å². The predicted octanol–water partition coefficient (Wildman–Crippen LogP) is 1.23. The van der Waals surface area contributed by atoms with Gasteiger partial charge < -0.3 is 10.1 Å². The van der Waals surface area contributed by atoms with Crippen molar-refractivity contribution in [2.75, 3.05) is 20.2 Å². The maximum Gasteiger partial charge on any atom is 0.143 e. The van der Waals surface area contributed by atoms with E-state index in [0.29, 0.717) is 6.61 Å². The second-order valence-electron chi connectivity index (χ2n) is 3.00. The maximum atomic E-state index is 5.38. The standard InChI is InChI=1S/C9H17N3OS/c1-3-6-13-7-9-12-11-8(14-9)4-5-10-2/h10H,3-7H2,1-2H3. The zero-order valence-electron chi connectivity index (χ0n) is 8.75. The van der Waals surface area contributed by atoms with Gasteiger partial charge in [0.25, 0.3) is 0 Å². The molecule has 0 aliphatic carbocycles. The van der Waals surface area contributed by atoms with Gasteiger partial charge in [0.05, 0.1) is 0 Å². The van der Waals surface area contributed by atoms with Crippen molar-refractivity contribution in [2.24, 2.45) is 0 Å². The second-order valence-corrected chi connectivity index (χ2v) is 4.14. The Morgan fingerprint density at radius 1 is 1.36 bits per heavy atom. The molecule has 0 saturated heterocycles. The highest BCUT2D eigenvalue weighted by molar-refractivity contribution is 7.11. The van der Waals surface area contributed by atoms with Crippen molar-refractivity contribution in [3.8, 4) is 0 Å². The van der Waals surface area contributed by atoms with Gasteiger partial charge in [0, 0.05) is 19.6 Å². The van der Waals surface area contributed by atoms with E-state index in [1.165, 1.54) is 0 Å². The van der Waals surface area contributed by atoms with Gasteiger partial charge in [-0.15, -0.1) is 10.2 Å². The maximum absolute atomic E-state index is 5.38. The molecule has 0 aromatic carbocycles. The molecule has 1 aromatic rings. The first-order valence-electron chi connectivity index (χ1n) is 4.90. The normalized spacial score (nSPS) is 10.7. The molecular weight excluding hydrogens is 198 g/mol. The number of nitrogens with zero attached hydrogens (tertiary/aromatic N) is 2. The van der Waals surface area contributed by atoms with Crippen molar-refractivity contribution in [3.63, 3.8) is 0 Å². The van der Waals surface area contributed by atoms with Crippen LogP contribution < -0.4 is 5.32 Å². The van der Waals surface area contributed by atoms with E-state index in [-0.39, 0.29) is 0 Å². The van der Waals surface area contributed by atoms with Crippen LogP contribution in [0.2, 0.25) is 0 Å². The molecule has 0 aliphatic rings. The fourth-order valence-electron chi connectivity index (χ4n) is 0.983. The highest BCUT2D eigenvalue weighted by Gasteiger charge is 2.02. The van der Waals surface area contributed by atoms with Crippen molar-refractivity contribution >= 4 is 11.3 Å². The molecule has 0 atom stereocenters. The Morgan fingerprint density at radius 3 is 2.86 bits per heavy atom. The first kappa shape index (κ1) is 11.6. The molecule has 0 aliphatic heterocycles. The third-order valence-corrected chi connectivity index (χ3v) is 2.63. The summed E-state index contributed by atoms with van der Waals surface area (Å²) in [7, 11) is 1.94. The van der Waals surface area contributed by atoms with Gasteiger partial charge >= 0.3 is 0 Å². The van der Waals surface area contributed by atoms with E-state index in [4.69, 9.17) is 4.74 Å². The highest BCUT2D eigenvalue weighted by atomic mass is 32.1. The summed E-state index contributed by atoms with van der Waals surface area (Å²) in [6.07, 6.45) is 1.99. The number of hydrogen-bond acceptors (Lipinski definition) is 5. The quantitative estimate of drug-likeness (QED) is 0.695. The molecule has 0 unspecified atom stereocenters. The Bertz CT molecular complexity index is 252. The summed E-state index contributed by atoms with van der Waals surface area (Å²) < 4.78 is 5.38. The molecule has 1 aromatic heterocycles. The lowest BCUT2D eigenvalue weighted by atomic mass is 10.4. The molecule has 0 saturated carbocycles. The molecule has 1 rings (SSSR count). The van der Waals surface area contributed by atoms with Crippen LogP contribution >= 0.6 is 11.3 Å². The minimum atomic E-state index is 0.602. The molecule has 0 bridgehead atoms. The van der Waals surface area contributed by atoms with Crippen LogP contribution in [0.4, 0.5) is 0 Å². The Kier molecular flexibility index (Phi) is 5.66. The van der Waals surface area contributed by atoms with Crippen LogP contribution in [-0.2, 0) is 17.8 Å². The third-order valence-electron chi connectivity index (χ3n) is 1.67. The van der Waals surface area contributed by atoms with Crippen LogP contribution in [0.5, 0.6) is 0 Å². The van der Waals surface area contributed by atoms with E-state index >= 15 is 0 Å². The topological polar surface area (TPSA) is 47.0 Å². The lowest BCUT2D eigenvalue weighted by Crippen LogP contribution is -2.09. The summed E-state index contributed by atoms with van der Waals surface area (Å²) in [5.74, 6) is 0. The number of hydrogen-bond donors (Lipinski definition) is 1. The Morgan fingerprint density at radius 2 is 2.14 bits per heavy atom. The largest absolute Gasteiger partial charge is 0.374 e. The van der Waals surface area contributed by atoms with Gasteiger partial charge in [0.15, 0.2) is 0 Å². The Hall–Kier alpha value is -0.520. The summed E-state index contributed by atoms with van der Waals surface area (Å²) >= 11 is 1.64. The summed E-state index contributed by atoms with van der Waals surface area (Å²) in [6.45, 7) is 4.44. The number of ether oxygens (including phenoxy) is 1. The Balaban J connectivity index is 2.27. The molecule has 4 nitrogen and oxygen atoms in total. The number of aromatic nitrogens is 2. The molecule has 14 heavy (non-hydrogen) atoms. The first-order chi connectivity index (χ1) is 6.86. The zero-order chi connectivity index (χ0) is 10.2. The number of rotatable bonds is 7. The zero-order valence-corrected chi connectivity index (χ0v) is 9.56. The van der Waals surface area contributed by atoms with Gasteiger partial charge in [0.2, 0.25) is 0 Å². The number of likely N-dealkylation sites (N-methyl/N-ethyl adjacent to an activating group) is 1. The van der Waals surface area contributed by atoms with E-state index in [1.54, 1.807) is 11.3 Å². The predicted molar refractivity (Wildman–Crippen MR) is 57.5 cm³/mol. The highest BCUT2D eigenvalue weighted by Crippen LogP contribution is 2.10. The fraction of sp³-hybridized carbons (Fsp3) is 0.778. The lowest BCUT2D eigenvalue weighted by molar-refractivity contribution is 0.121. The van der Waals surface area contributed by atoms with Crippen molar-refractivity contribution in [1.29, 1.82) is 0 Å². The molecule has 0 spiro atoms. The van der Waals surface area contributed by atoms with Crippen LogP contribution in [0, 0.1) is 0 Å². The van der Waals surface area contributed by atoms with Crippen molar-refractivity contribution < 1.29 is 4.74 Å². The van der Waals surface area contributed by atoms with Crippen LogP contribution in [0.1, 0.15) is 23.4 Å². The molecule has 0 amide bonds. The average Bonchev–Trinajstić information content (AvgIpc) is 2.63. The SMILES string of the molecule is CCCOCc1nnc(CCNC)s1. The van der Waals surface area contributed by atoms with Crippen molar-refractivity contribution in [2.45, 2.75) is 26.4 Å². The molecule has 1 heterocycles. The van der Waals surface area contributed by atoms with Crippen LogP contribution in [0.25, 0.3) is 0 Å². The van der Waals surface area contributed by atoms with Crippen molar-refractivity contribution in [3.05, 3.63) is 10.0 Å². The summed E-state index contributed by atoms with van der Waals surface area (Å²) in [5, 5.41) is 13.3. The monoisotopic (exact) mass is 215 g/mol. The summed E-state index contributed by atoms with van der Waals surface area (Å²) in [6, 6.07) is 0. The van der Waals surface area contributed by atoms with E-state index in [1.807, 2.05) is 7.05 Å². The number of nitrogens with one attached hydrogen (secondary N) is 1. The minimum Gasteiger partial charge on any atom is -0.374 e. The molecular formula is C9H17N3OS. The van der Waals surface area contributed by atoms with Gasteiger partial charge in [-0.05, 0) is 13.5 Å². The van der Waals surface area contributed by atoms with E-state index < -0.39 is 0 Å². The lowest BCUT2D eigenvalue weighted by Gasteiger charge is -1.96. The van der Waals surface area contributed by atoms with Gasteiger partial charge in [-0.25, -0.2) is 0 Å². The molecule has 0 fully saturated rings. The molecule has 5 heteroatoms. The van der Waals surface area contributed by atoms with Gasteiger partial charge in [0.1, 0.15) is 16.6 Å². The van der Waals surface area contributed by atoms with Crippen LogP contribution in [-0.4, -0.2) is 30.4 Å².